The van der Waals surface area contributed by atoms with E-state index in [1.807, 2.05) is 61.5 Å². The van der Waals surface area contributed by atoms with Crippen LogP contribution in [0, 0.1) is 6.92 Å². The number of hydrogen-bond donors (Lipinski definition) is 0. The minimum atomic E-state index is -0.116. The molecule has 2 aromatic carbocycles. The van der Waals surface area contributed by atoms with E-state index >= 15 is 0 Å². The zero-order valence-electron chi connectivity index (χ0n) is 9.01. The van der Waals surface area contributed by atoms with Gasteiger partial charge >= 0.3 is 102 Å². The molecule has 0 N–H and O–H groups in total. The second-order valence-electron chi connectivity index (χ2n) is 3.57. The SMILES string of the molecule is Cc1cccc(C(=O)[Se]c2ccccc2)c1. The zero-order chi connectivity index (χ0) is 11.4. The average Bonchev–Trinajstić information content (AvgIpc) is 2.30. The predicted octanol–water partition coefficient (Wildman–Crippen LogP) is 2.16. The third kappa shape index (κ3) is 2.82. The second kappa shape index (κ2) is 5.11. The predicted molar refractivity (Wildman–Crippen MR) is 67.3 cm³/mol. The molecule has 0 radical (unpaired) electrons. The molecule has 0 aliphatic carbocycles. The van der Waals surface area contributed by atoms with Crippen LogP contribution < -0.4 is 4.46 Å². The second-order valence-corrected chi connectivity index (χ2v) is 5.77. The summed E-state index contributed by atoms with van der Waals surface area (Å²) >= 11 is -0.116. The third-order valence-electron chi connectivity index (χ3n) is 2.21. The van der Waals surface area contributed by atoms with Gasteiger partial charge in [0.25, 0.3) is 0 Å². The van der Waals surface area contributed by atoms with Crippen molar-refractivity contribution < 1.29 is 4.79 Å². The van der Waals surface area contributed by atoms with Gasteiger partial charge in [-0.1, -0.05) is 0 Å². The Morgan fingerprint density at radius 2 is 1.75 bits per heavy atom. The number of hydrogen-bond acceptors (Lipinski definition) is 1. The number of benzene rings is 2. The molecule has 0 unspecified atom stereocenters. The van der Waals surface area contributed by atoms with Crippen LogP contribution in [0.15, 0.2) is 54.6 Å². The fourth-order valence-corrected chi connectivity index (χ4v) is 3.00. The van der Waals surface area contributed by atoms with E-state index in [0.717, 1.165) is 15.6 Å². The molecule has 2 aromatic rings. The zero-order valence-corrected chi connectivity index (χ0v) is 10.7. The van der Waals surface area contributed by atoms with Crippen molar-refractivity contribution in [1.29, 1.82) is 0 Å². The molecule has 0 fully saturated rings. The minimum absolute atomic E-state index is 0.116. The molecule has 0 atom stereocenters. The summed E-state index contributed by atoms with van der Waals surface area (Å²) in [4.78, 5) is 12.0. The van der Waals surface area contributed by atoms with Crippen LogP contribution >= 0.6 is 0 Å². The van der Waals surface area contributed by atoms with Crippen molar-refractivity contribution in [3.05, 3.63) is 65.7 Å². The first kappa shape index (κ1) is 11.1. The Bertz CT molecular complexity index is 491. The van der Waals surface area contributed by atoms with E-state index in [9.17, 15) is 4.79 Å². The third-order valence-corrected chi connectivity index (χ3v) is 4.16. The van der Waals surface area contributed by atoms with Crippen LogP contribution in [0.5, 0.6) is 0 Å². The number of aryl methyl sites for hydroxylation is 1. The van der Waals surface area contributed by atoms with E-state index < -0.39 is 0 Å². The van der Waals surface area contributed by atoms with Gasteiger partial charge in [-0.15, -0.1) is 0 Å². The van der Waals surface area contributed by atoms with Gasteiger partial charge in [0.15, 0.2) is 0 Å². The Hall–Kier alpha value is -1.37. The molecule has 0 aliphatic rings. The van der Waals surface area contributed by atoms with Crippen molar-refractivity contribution in [3.8, 4) is 0 Å². The first-order chi connectivity index (χ1) is 7.75. The Kier molecular flexibility index (Phi) is 3.55. The molecule has 0 saturated carbocycles. The summed E-state index contributed by atoms with van der Waals surface area (Å²) in [5, 5.41) is 0. The summed E-state index contributed by atoms with van der Waals surface area (Å²) in [6, 6.07) is 17.7. The molecule has 0 amide bonds. The Morgan fingerprint density at radius 3 is 2.44 bits per heavy atom. The van der Waals surface area contributed by atoms with Gasteiger partial charge < -0.3 is 0 Å². The van der Waals surface area contributed by atoms with Gasteiger partial charge in [0.05, 0.1) is 0 Å². The molecule has 16 heavy (non-hydrogen) atoms. The van der Waals surface area contributed by atoms with E-state index in [1.54, 1.807) is 0 Å². The Labute approximate surface area is 102 Å². The molecule has 0 heterocycles. The van der Waals surface area contributed by atoms with E-state index in [2.05, 4.69) is 0 Å². The standard InChI is InChI=1S/C14H12OSe/c1-11-6-5-7-12(10-11)14(15)16-13-8-3-2-4-9-13/h2-10H,1H3. The molecule has 0 saturated heterocycles. The fourth-order valence-electron chi connectivity index (χ4n) is 1.43. The summed E-state index contributed by atoms with van der Waals surface area (Å²) in [5.74, 6) is 0. The summed E-state index contributed by atoms with van der Waals surface area (Å²) in [5.41, 5.74) is 1.96. The quantitative estimate of drug-likeness (QED) is 0.785. The van der Waals surface area contributed by atoms with Crippen LogP contribution in [-0.4, -0.2) is 19.6 Å². The van der Waals surface area contributed by atoms with Crippen molar-refractivity contribution in [2.24, 2.45) is 0 Å². The number of carbonyl (C=O) groups excluding carboxylic acids is 1. The Balaban J connectivity index is 2.15. The summed E-state index contributed by atoms with van der Waals surface area (Å²) < 4.78 is 1.36. The molecule has 2 heteroatoms. The molecular weight excluding hydrogens is 263 g/mol. The molecule has 2 rings (SSSR count). The summed E-state index contributed by atoms with van der Waals surface area (Å²) in [7, 11) is 0. The fraction of sp³-hybridized carbons (Fsp3) is 0.0714. The van der Waals surface area contributed by atoms with Gasteiger partial charge in [-0.05, 0) is 0 Å². The van der Waals surface area contributed by atoms with Gasteiger partial charge in [-0.3, -0.25) is 0 Å². The van der Waals surface area contributed by atoms with Gasteiger partial charge in [0.2, 0.25) is 0 Å². The van der Waals surface area contributed by atoms with E-state index in [0.29, 0.717) is 0 Å². The van der Waals surface area contributed by atoms with Gasteiger partial charge in [0.1, 0.15) is 0 Å². The topological polar surface area (TPSA) is 17.1 Å². The molecule has 1 nitrogen and oxygen atoms in total. The average molecular weight is 275 g/mol. The van der Waals surface area contributed by atoms with E-state index in [-0.39, 0.29) is 19.6 Å². The monoisotopic (exact) mass is 276 g/mol. The first-order valence-electron chi connectivity index (χ1n) is 5.09. The van der Waals surface area contributed by atoms with Crippen LogP contribution in [0.3, 0.4) is 0 Å². The van der Waals surface area contributed by atoms with Gasteiger partial charge in [-0.25, -0.2) is 0 Å². The number of carbonyl (C=O) groups is 1. The maximum absolute atomic E-state index is 12.0. The van der Waals surface area contributed by atoms with Crippen LogP contribution in [-0.2, 0) is 0 Å². The van der Waals surface area contributed by atoms with Crippen molar-refractivity contribution in [1.82, 2.24) is 0 Å². The molecule has 0 bridgehead atoms. The van der Waals surface area contributed by atoms with Crippen LogP contribution in [0.2, 0.25) is 0 Å². The molecule has 0 aliphatic heterocycles. The van der Waals surface area contributed by atoms with E-state index in [1.165, 1.54) is 0 Å². The molecule has 0 spiro atoms. The number of rotatable bonds is 3. The van der Waals surface area contributed by atoms with Gasteiger partial charge in [-0.2, -0.15) is 0 Å². The first-order valence-corrected chi connectivity index (χ1v) is 6.81. The van der Waals surface area contributed by atoms with Crippen molar-refractivity contribution in [2.75, 3.05) is 0 Å². The van der Waals surface area contributed by atoms with E-state index in [4.69, 9.17) is 0 Å². The Morgan fingerprint density at radius 1 is 1.00 bits per heavy atom. The van der Waals surface area contributed by atoms with Crippen LogP contribution in [0.1, 0.15) is 15.9 Å². The maximum atomic E-state index is 12.0. The molecular formula is C14H12OSe. The molecule has 0 aromatic heterocycles. The van der Waals surface area contributed by atoms with Crippen molar-refractivity contribution >= 4 is 24.1 Å². The van der Waals surface area contributed by atoms with Crippen molar-refractivity contribution in [2.45, 2.75) is 6.92 Å². The normalized spacial score (nSPS) is 10.1. The molecule has 80 valence electrons. The summed E-state index contributed by atoms with van der Waals surface area (Å²) in [6.07, 6.45) is 0. The van der Waals surface area contributed by atoms with Crippen LogP contribution in [0.4, 0.5) is 0 Å². The van der Waals surface area contributed by atoms with Crippen LogP contribution in [0.25, 0.3) is 0 Å². The van der Waals surface area contributed by atoms with Crippen molar-refractivity contribution in [3.63, 3.8) is 0 Å². The van der Waals surface area contributed by atoms with Gasteiger partial charge in [0, 0.05) is 0 Å². The summed E-state index contributed by atoms with van der Waals surface area (Å²) in [6.45, 7) is 2.01.